The molecule has 5 nitrogen and oxygen atoms in total. The van der Waals surface area contributed by atoms with Gasteiger partial charge >= 0.3 is 0 Å². The van der Waals surface area contributed by atoms with Crippen molar-refractivity contribution in [1.82, 2.24) is 9.80 Å². The predicted octanol–water partition coefficient (Wildman–Crippen LogP) is 4.88. The number of anilines is 2. The standard InChI is InChI=1S/C29H36N4O/c1-23(22-28(34)30-26-14-16-27(17-15-26)31(2)3)32-18-20-33(21-19-32)29(24-10-6-4-7-11-24)25-12-8-5-9-13-25/h4-17,23,29H,18-22H2,1-3H3,(H,30,34). The summed E-state index contributed by atoms with van der Waals surface area (Å²) in [6.45, 7) is 6.04. The van der Waals surface area contributed by atoms with Crippen molar-refractivity contribution in [2.45, 2.75) is 25.4 Å². The lowest BCUT2D eigenvalue weighted by Crippen LogP contribution is -2.51. The third-order valence-corrected chi connectivity index (χ3v) is 6.72. The second-order valence-electron chi connectivity index (χ2n) is 9.34. The highest BCUT2D eigenvalue weighted by molar-refractivity contribution is 5.91. The molecule has 0 radical (unpaired) electrons. The van der Waals surface area contributed by atoms with Gasteiger partial charge in [0.05, 0.1) is 6.04 Å². The van der Waals surface area contributed by atoms with E-state index in [1.807, 2.05) is 43.3 Å². The maximum absolute atomic E-state index is 12.7. The van der Waals surface area contributed by atoms with Crippen molar-refractivity contribution < 1.29 is 4.79 Å². The minimum atomic E-state index is 0.0685. The van der Waals surface area contributed by atoms with Crippen molar-refractivity contribution in [2.24, 2.45) is 0 Å². The Kier molecular flexibility index (Phi) is 7.99. The summed E-state index contributed by atoms with van der Waals surface area (Å²) in [5.74, 6) is 0.0685. The number of benzene rings is 3. The molecule has 178 valence electrons. The molecule has 0 aliphatic carbocycles. The van der Waals surface area contributed by atoms with Gasteiger partial charge in [-0.2, -0.15) is 0 Å². The molecule has 0 aromatic heterocycles. The highest BCUT2D eigenvalue weighted by Gasteiger charge is 2.28. The molecule has 1 unspecified atom stereocenters. The molecule has 34 heavy (non-hydrogen) atoms. The van der Waals surface area contributed by atoms with Crippen molar-refractivity contribution in [1.29, 1.82) is 0 Å². The summed E-state index contributed by atoms with van der Waals surface area (Å²) in [5.41, 5.74) is 4.62. The lowest BCUT2D eigenvalue weighted by molar-refractivity contribution is -0.117. The van der Waals surface area contributed by atoms with E-state index in [2.05, 4.69) is 82.7 Å². The van der Waals surface area contributed by atoms with E-state index in [1.54, 1.807) is 0 Å². The van der Waals surface area contributed by atoms with Crippen molar-refractivity contribution in [3.63, 3.8) is 0 Å². The molecule has 0 saturated carbocycles. The molecule has 1 saturated heterocycles. The molecule has 0 bridgehead atoms. The Morgan fingerprint density at radius 1 is 0.794 bits per heavy atom. The number of nitrogens with zero attached hydrogens (tertiary/aromatic N) is 3. The average Bonchev–Trinajstić information content (AvgIpc) is 2.86. The van der Waals surface area contributed by atoms with Gasteiger partial charge in [-0.25, -0.2) is 0 Å². The minimum absolute atomic E-state index is 0.0685. The number of rotatable bonds is 8. The maximum Gasteiger partial charge on any atom is 0.225 e. The molecule has 3 aromatic carbocycles. The van der Waals surface area contributed by atoms with Crippen LogP contribution in [0.15, 0.2) is 84.9 Å². The van der Waals surface area contributed by atoms with Crippen molar-refractivity contribution in [3.8, 4) is 0 Å². The lowest BCUT2D eigenvalue weighted by Gasteiger charge is -2.41. The summed E-state index contributed by atoms with van der Waals surface area (Å²) < 4.78 is 0. The highest BCUT2D eigenvalue weighted by atomic mass is 16.1. The molecule has 4 rings (SSSR count). The summed E-state index contributed by atoms with van der Waals surface area (Å²) in [5, 5.41) is 3.05. The van der Waals surface area contributed by atoms with Crippen LogP contribution in [0, 0.1) is 0 Å². The smallest absolute Gasteiger partial charge is 0.225 e. The van der Waals surface area contributed by atoms with Crippen LogP contribution in [0.25, 0.3) is 0 Å². The maximum atomic E-state index is 12.7. The molecule has 1 heterocycles. The number of carbonyl (C=O) groups excluding carboxylic acids is 1. The zero-order valence-electron chi connectivity index (χ0n) is 20.5. The Hall–Kier alpha value is -3.15. The van der Waals surface area contributed by atoms with Gasteiger partial charge in [0.25, 0.3) is 0 Å². The molecule has 5 heteroatoms. The molecule has 1 aliphatic rings. The molecule has 1 fully saturated rings. The van der Waals surface area contributed by atoms with Gasteiger partial charge in [0.15, 0.2) is 0 Å². The lowest BCUT2D eigenvalue weighted by atomic mass is 9.96. The summed E-state index contributed by atoms with van der Waals surface area (Å²) in [7, 11) is 4.02. The molecule has 3 aromatic rings. The zero-order chi connectivity index (χ0) is 23.9. The SMILES string of the molecule is CC(CC(=O)Nc1ccc(N(C)C)cc1)N1CCN(C(c2ccccc2)c2ccccc2)CC1. The Morgan fingerprint density at radius 3 is 1.79 bits per heavy atom. The van der Waals surface area contributed by atoms with Crippen molar-refractivity contribution in [3.05, 3.63) is 96.1 Å². The van der Waals surface area contributed by atoms with Crippen LogP contribution in [-0.4, -0.2) is 62.0 Å². The van der Waals surface area contributed by atoms with Crippen LogP contribution in [0.2, 0.25) is 0 Å². The second-order valence-corrected chi connectivity index (χ2v) is 9.34. The molecule has 1 N–H and O–H groups in total. The van der Waals surface area contributed by atoms with E-state index < -0.39 is 0 Å². The van der Waals surface area contributed by atoms with E-state index >= 15 is 0 Å². The fraction of sp³-hybridized carbons (Fsp3) is 0.345. The largest absolute Gasteiger partial charge is 0.378 e. The Labute approximate surface area is 204 Å². The average molecular weight is 457 g/mol. The molecule has 0 spiro atoms. The molecule has 1 atom stereocenters. The minimum Gasteiger partial charge on any atom is -0.378 e. The van der Waals surface area contributed by atoms with E-state index in [0.29, 0.717) is 6.42 Å². The van der Waals surface area contributed by atoms with Crippen LogP contribution >= 0.6 is 0 Å². The topological polar surface area (TPSA) is 38.8 Å². The monoisotopic (exact) mass is 456 g/mol. The van der Waals surface area contributed by atoms with E-state index in [9.17, 15) is 4.79 Å². The second kappa shape index (κ2) is 11.3. The first kappa shape index (κ1) is 24.0. The van der Waals surface area contributed by atoms with Gasteiger partial charge in [0, 0.05) is 64.1 Å². The van der Waals surface area contributed by atoms with Gasteiger partial charge in [-0.05, 0) is 42.3 Å². The first-order chi connectivity index (χ1) is 16.5. The first-order valence-electron chi connectivity index (χ1n) is 12.2. The first-order valence-corrected chi connectivity index (χ1v) is 12.2. The third-order valence-electron chi connectivity index (χ3n) is 6.72. The fourth-order valence-corrected chi connectivity index (χ4v) is 4.77. The number of hydrogen-bond donors (Lipinski definition) is 1. The molecular weight excluding hydrogens is 420 g/mol. The Morgan fingerprint density at radius 2 is 1.29 bits per heavy atom. The molecule has 1 amide bonds. The number of carbonyl (C=O) groups is 1. The van der Waals surface area contributed by atoms with Gasteiger partial charge in [-0.1, -0.05) is 60.7 Å². The van der Waals surface area contributed by atoms with Gasteiger partial charge in [-0.3, -0.25) is 14.6 Å². The van der Waals surface area contributed by atoms with Crippen LogP contribution in [0.3, 0.4) is 0 Å². The van der Waals surface area contributed by atoms with Gasteiger partial charge < -0.3 is 10.2 Å². The predicted molar refractivity (Wildman–Crippen MR) is 141 cm³/mol. The third kappa shape index (κ3) is 6.04. The molecule has 1 aliphatic heterocycles. The van der Waals surface area contributed by atoms with Crippen molar-refractivity contribution >= 4 is 17.3 Å². The number of piperazine rings is 1. The Balaban J connectivity index is 1.33. The number of hydrogen-bond acceptors (Lipinski definition) is 4. The van der Waals surface area contributed by atoms with Crippen LogP contribution in [0.5, 0.6) is 0 Å². The van der Waals surface area contributed by atoms with Crippen LogP contribution in [0.1, 0.15) is 30.5 Å². The normalized spacial score (nSPS) is 15.8. The summed E-state index contributed by atoms with van der Waals surface area (Å²) in [4.78, 5) is 19.7. The van der Waals surface area contributed by atoms with E-state index in [0.717, 1.165) is 37.6 Å². The molecular formula is C29H36N4O. The fourth-order valence-electron chi connectivity index (χ4n) is 4.77. The van der Waals surface area contributed by atoms with E-state index in [-0.39, 0.29) is 18.0 Å². The van der Waals surface area contributed by atoms with E-state index in [1.165, 1.54) is 11.1 Å². The summed E-state index contributed by atoms with van der Waals surface area (Å²) >= 11 is 0. The van der Waals surface area contributed by atoms with Gasteiger partial charge in [-0.15, -0.1) is 0 Å². The summed E-state index contributed by atoms with van der Waals surface area (Å²) in [6, 6.07) is 30.0. The zero-order valence-corrected chi connectivity index (χ0v) is 20.5. The Bertz CT molecular complexity index is 989. The van der Waals surface area contributed by atoms with Crippen LogP contribution < -0.4 is 10.2 Å². The van der Waals surface area contributed by atoms with E-state index in [4.69, 9.17) is 0 Å². The van der Waals surface area contributed by atoms with Gasteiger partial charge in [0.1, 0.15) is 0 Å². The summed E-state index contributed by atoms with van der Waals surface area (Å²) in [6.07, 6.45) is 0.496. The van der Waals surface area contributed by atoms with Crippen molar-refractivity contribution in [2.75, 3.05) is 50.5 Å². The highest BCUT2D eigenvalue weighted by Crippen LogP contribution is 2.29. The number of nitrogens with one attached hydrogen (secondary N) is 1. The quantitative estimate of drug-likeness (QED) is 0.525. The van der Waals surface area contributed by atoms with Gasteiger partial charge in [0.2, 0.25) is 5.91 Å². The number of amides is 1. The van der Waals surface area contributed by atoms with Crippen LogP contribution in [-0.2, 0) is 4.79 Å². The van der Waals surface area contributed by atoms with Crippen LogP contribution in [0.4, 0.5) is 11.4 Å².